The van der Waals surface area contributed by atoms with E-state index in [-0.39, 0.29) is 5.91 Å². The summed E-state index contributed by atoms with van der Waals surface area (Å²) in [7, 11) is 1.61. The van der Waals surface area contributed by atoms with Crippen molar-refractivity contribution in [3.63, 3.8) is 0 Å². The quantitative estimate of drug-likeness (QED) is 0.796. The van der Waals surface area contributed by atoms with Crippen LogP contribution in [0.15, 0.2) is 36.8 Å². The molecule has 2 aromatic rings. The fraction of sp³-hybridized carbons (Fsp3) is 0.444. The number of pyridine rings is 1. The topological polar surface area (TPSA) is 106 Å². The van der Waals surface area contributed by atoms with Crippen LogP contribution in [0.1, 0.15) is 32.1 Å². The van der Waals surface area contributed by atoms with Gasteiger partial charge in [-0.1, -0.05) is 19.3 Å². The average Bonchev–Trinajstić information content (AvgIpc) is 3.17. The standard InChI is InChI=1S/C16H20N4O2.C2HF3O2/c1-22-16(8-3-2-4-9-16)15(21)18-14-7-12-20(19-14)13-5-10-17-11-6-13;3-2(4,5)1(6)7/h5-7,10-12H,2-4,8-9H2,1H3,(H,18,19,21);(H,6,7). The van der Waals surface area contributed by atoms with E-state index in [2.05, 4.69) is 15.4 Å². The van der Waals surface area contributed by atoms with E-state index in [1.54, 1.807) is 30.3 Å². The minimum Gasteiger partial charge on any atom is -0.475 e. The van der Waals surface area contributed by atoms with Crippen LogP contribution in [-0.4, -0.2) is 50.6 Å². The van der Waals surface area contributed by atoms with Crippen molar-refractivity contribution in [1.29, 1.82) is 0 Å². The van der Waals surface area contributed by atoms with Gasteiger partial charge < -0.3 is 15.2 Å². The maximum Gasteiger partial charge on any atom is 0.490 e. The Bertz CT molecular complexity index is 818. The lowest BCUT2D eigenvalue weighted by Gasteiger charge is -2.34. The molecule has 0 bridgehead atoms. The molecule has 3 rings (SSSR count). The van der Waals surface area contributed by atoms with E-state index in [0.29, 0.717) is 5.82 Å². The predicted molar refractivity (Wildman–Crippen MR) is 96.5 cm³/mol. The molecule has 1 saturated carbocycles. The van der Waals surface area contributed by atoms with Crippen LogP contribution >= 0.6 is 0 Å². The minimum absolute atomic E-state index is 0.102. The number of aromatic nitrogens is 3. The van der Waals surface area contributed by atoms with Gasteiger partial charge in [0.05, 0.1) is 5.69 Å². The number of hydrogen-bond donors (Lipinski definition) is 2. The second-order valence-corrected chi connectivity index (χ2v) is 6.37. The number of ether oxygens (including phenoxy) is 1. The molecule has 11 heteroatoms. The van der Waals surface area contributed by atoms with E-state index in [9.17, 15) is 18.0 Å². The van der Waals surface area contributed by atoms with E-state index < -0.39 is 17.7 Å². The van der Waals surface area contributed by atoms with Crippen molar-refractivity contribution in [1.82, 2.24) is 14.8 Å². The van der Waals surface area contributed by atoms with Crippen LogP contribution in [0.2, 0.25) is 0 Å². The summed E-state index contributed by atoms with van der Waals surface area (Å²) in [6, 6.07) is 5.50. The molecule has 158 valence electrons. The highest BCUT2D eigenvalue weighted by molar-refractivity contribution is 5.96. The lowest BCUT2D eigenvalue weighted by atomic mass is 9.84. The van der Waals surface area contributed by atoms with Crippen LogP contribution in [0.3, 0.4) is 0 Å². The molecule has 0 saturated heterocycles. The highest BCUT2D eigenvalue weighted by Crippen LogP contribution is 2.32. The Morgan fingerprint density at radius 3 is 2.28 bits per heavy atom. The summed E-state index contributed by atoms with van der Waals surface area (Å²) in [4.78, 5) is 25.4. The molecule has 8 nitrogen and oxygen atoms in total. The fourth-order valence-corrected chi connectivity index (χ4v) is 2.91. The number of carbonyl (C=O) groups is 2. The Hall–Kier alpha value is -2.95. The minimum atomic E-state index is -5.08. The van der Waals surface area contributed by atoms with Gasteiger partial charge in [0, 0.05) is 31.8 Å². The van der Waals surface area contributed by atoms with Crippen molar-refractivity contribution in [3.8, 4) is 5.69 Å². The molecular formula is C18H21F3N4O4. The van der Waals surface area contributed by atoms with E-state index in [0.717, 1.165) is 37.8 Å². The molecule has 0 spiro atoms. The van der Waals surface area contributed by atoms with E-state index in [1.807, 2.05) is 18.3 Å². The van der Waals surface area contributed by atoms with Gasteiger partial charge in [0.2, 0.25) is 0 Å². The Morgan fingerprint density at radius 2 is 1.76 bits per heavy atom. The largest absolute Gasteiger partial charge is 0.490 e. The molecule has 0 unspecified atom stereocenters. The number of carboxylic acid groups (broad SMARTS) is 1. The fourth-order valence-electron chi connectivity index (χ4n) is 2.91. The number of carbonyl (C=O) groups excluding carboxylic acids is 1. The molecule has 0 aromatic carbocycles. The summed E-state index contributed by atoms with van der Waals surface area (Å²) < 4.78 is 39.0. The van der Waals surface area contributed by atoms with Gasteiger partial charge in [0.25, 0.3) is 5.91 Å². The molecule has 2 N–H and O–H groups in total. The summed E-state index contributed by atoms with van der Waals surface area (Å²) >= 11 is 0. The lowest BCUT2D eigenvalue weighted by molar-refractivity contribution is -0.192. The molecule has 0 aliphatic heterocycles. The first-order valence-electron chi connectivity index (χ1n) is 8.81. The van der Waals surface area contributed by atoms with Crippen LogP contribution in [0.25, 0.3) is 5.69 Å². The van der Waals surface area contributed by atoms with Crippen molar-refractivity contribution in [3.05, 3.63) is 36.8 Å². The first kappa shape index (κ1) is 22.3. The maximum atomic E-state index is 12.6. The van der Waals surface area contributed by atoms with Gasteiger partial charge >= 0.3 is 12.1 Å². The number of hydrogen-bond acceptors (Lipinski definition) is 5. The van der Waals surface area contributed by atoms with Crippen molar-refractivity contribution in [2.75, 3.05) is 12.4 Å². The van der Waals surface area contributed by atoms with E-state index in [1.165, 1.54) is 0 Å². The van der Waals surface area contributed by atoms with Crippen LogP contribution in [-0.2, 0) is 14.3 Å². The normalized spacial score (nSPS) is 15.7. The number of aliphatic carboxylic acids is 1. The van der Waals surface area contributed by atoms with Crippen molar-refractivity contribution in [2.45, 2.75) is 43.9 Å². The number of anilines is 1. The lowest BCUT2D eigenvalue weighted by Crippen LogP contribution is -2.46. The zero-order valence-corrected chi connectivity index (χ0v) is 15.6. The van der Waals surface area contributed by atoms with Gasteiger partial charge in [0.1, 0.15) is 5.60 Å². The second-order valence-electron chi connectivity index (χ2n) is 6.37. The average molecular weight is 414 g/mol. The number of nitrogens with one attached hydrogen (secondary N) is 1. The smallest absolute Gasteiger partial charge is 0.475 e. The highest BCUT2D eigenvalue weighted by Gasteiger charge is 2.40. The first-order chi connectivity index (χ1) is 13.7. The molecule has 1 aliphatic carbocycles. The van der Waals surface area contributed by atoms with Crippen molar-refractivity contribution >= 4 is 17.7 Å². The van der Waals surface area contributed by atoms with Gasteiger partial charge in [-0.25, -0.2) is 9.48 Å². The van der Waals surface area contributed by atoms with Crippen LogP contribution in [0.4, 0.5) is 19.0 Å². The number of methoxy groups -OCH3 is 1. The SMILES string of the molecule is COC1(C(=O)Nc2ccn(-c3ccncc3)n2)CCCCC1.O=C(O)C(F)(F)F. The Balaban J connectivity index is 0.000000370. The maximum absolute atomic E-state index is 12.6. The summed E-state index contributed by atoms with van der Waals surface area (Å²) in [5.41, 5.74) is 0.188. The Morgan fingerprint density at radius 1 is 1.17 bits per heavy atom. The Kier molecular flexibility index (Phi) is 7.32. The van der Waals surface area contributed by atoms with Crippen LogP contribution < -0.4 is 5.32 Å². The van der Waals surface area contributed by atoms with Gasteiger partial charge in [-0.05, 0) is 25.0 Å². The number of rotatable bonds is 4. The van der Waals surface area contributed by atoms with E-state index >= 15 is 0 Å². The third-order valence-corrected chi connectivity index (χ3v) is 4.47. The number of alkyl halides is 3. The second kappa shape index (κ2) is 9.50. The van der Waals surface area contributed by atoms with Gasteiger partial charge in [-0.15, -0.1) is 0 Å². The third kappa shape index (κ3) is 6.01. The molecule has 1 amide bonds. The van der Waals surface area contributed by atoms with Crippen molar-refractivity contribution < 1.29 is 32.6 Å². The van der Waals surface area contributed by atoms with Gasteiger partial charge in [-0.3, -0.25) is 9.78 Å². The highest BCUT2D eigenvalue weighted by atomic mass is 19.4. The molecular weight excluding hydrogens is 393 g/mol. The predicted octanol–water partition coefficient (Wildman–Crippen LogP) is 3.19. The van der Waals surface area contributed by atoms with E-state index in [4.69, 9.17) is 14.6 Å². The van der Waals surface area contributed by atoms with Crippen LogP contribution in [0.5, 0.6) is 0 Å². The van der Waals surface area contributed by atoms with Gasteiger partial charge in [-0.2, -0.15) is 18.3 Å². The molecule has 29 heavy (non-hydrogen) atoms. The summed E-state index contributed by atoms with van der Waals surface area (Å²) in [6.45, 7) is 0. The molecule has 1 aliphatic rings. The number of amides is 1. The molecule has 1 fully saturated rings. The summed E-state index contributed by atoms with van der Waals surface area (Å²) in [6.07, 6.45) is 4.87. The van der Waals surface area contributed by atoms with Gasteiger partial charge in [0.15, 0.2) is 5.82 Å². The zero-order valence-electron chi connectivity index (χ0n) is 15.6. The van der Waals surface area contributed by atoms with Crippen LogP contribution in [0, 0.1) is 0 Å². The number of carboxylic acids is 1. The molecule has 2 heterocycles. The first-order valence-corrected chi connectivity index (χ1v) is 8.81. The summed E-state index contributed by atoms with van der Waals surface area (Å²) in [5.74, 6) is -2.33. The molecule has 2 aromatic heterocycles. The third-order valence-electron chi connectivity index (χ3n) is 4.47. The molecule has 0 radical (unpaired) electrons. The molecule has 0 atom stereocenters. The zero-order chi connectivity index (χ0) is 21.5. The number of nitrogens with zero attached hydrogens (tertiary/aromatic N) is 3. The van der Waals surface area contributed by atoms with Crippen molar-refractivity contribution in [2.24, 2.45) is 0 Å². The summed E-state index contributed by atoms with van der Waals surface area (Å²) in [5, 5.41) is 14.4. The Labute approximate surface area is 164 Å². The monoisotopic (exact) mass is 414 g/mol. The number of halogens is 3.